The quantitative estimate of drug-likeness (QED) is 0.729. The van der Waals surface area contributed by atoms with Crippen LogP contribution in [0.1, 0.15) is 6.92 Å². The number of ether oxygens (including phenoxy) is 2. The van der Waals surface area contributed by atoms with Gasteiger partial charge in [0.1, 0.15) is 12.3 Å². The molecule has 0 radical (unpaired) electrons. The summed E-state index contributed by atoms with van der Waals surface area (Å²) < 4.78 is 10.2. The van der Waals surface area contributed by atoms with Crippen molar-refractivity contribution in [3.05, 3.63) is 24.3 Å². The lowest BCUT2D eigenvalue weighted by Gasteiger charge is -2.16. The molecule has 1 aromatic carbocycles. The molecule has 9 heteroatoms. The first-order chi connectivity index (χ1) is 11.1. The number of H-pyrrole nitrogens is 1. The normalized spacial score (nSPS) is 10.2. The van der Waals surface area contributed by atoms with Gasteiger partial charge in [0.25, 0.3) is 5.91 Å². The van der Waals surface area contributed by atoms with Gasteiger partial charge in [-0.3, -0.25) is 9.59 Å². The second kappa shape index (κ2) is 7.87. The van der Waals surface area contributed by atoms with E-state index in [1.165, 1.54) is 11.9 Å². The molecule has 0 aliphatic carbocycles. The minimum Gasteiger partial charge on any atom is -0.484 e. The van der Waals surface area contributed by atoms with Crippen LogP contribution in [0.3, 0.4) is 0 Å². The number of aromatic amines is 1. The third-order valence-electron chi connectivity index (χ3n) is 2.92. The van der Waals surface area contributed by atoms with Gasteiger partial charge in [0.2, 0.25) is 5.82 Å². The average molecular weight is 319 g/mol. The fourth-order valence-corrected chi connectivity index (χ4v) is 1.73. The molecule has 1 amide bonds. The lowest BCUT2D eigenvalue weighted by Crippen LogP contribution is -2.36. The molecule has 0 spiro atoms. The van der Waals surface area contributed by atoms with E-state index in [0.29, 0.717) is 11.6 Å². The van der Waals surface area contributed by atoms with Gasteiger partial charge in [0, 0.05) is 12.6 Å². The number of carbonyl (C=O) groups excluding carboxylic acids is 2. The molecule has 9 nitrogen and oxygen atoms in total. The highest BCUT2D eigenvalue weighted by Crippen LogP contribution is 2.18. The van der Waals surface area contributed by atoms with Gasteiger partial charge >= 0.3 is 5.97 Å². The molecule has 0 aliphatic heterocycles. The van der Waals surface area contributed by atoms with E-state index >= 15 is 0 Å². The van der Waals surface area contributed by atoms with Gasteiger partial charge in [-0.1, -0.05) is 0 Å². The summed E-state index contributed by atoms with van der Waals surface area (Å²) in [7, 11) is 1.52. The van der Waals surface area contributed by atoms with Crippen LogP contribution >= 0.6 is 0 Å². The highest BCUT2D eigenvalue weighted by molar-refractivity contribution is 5.82. The number of aromatic nitrogens is 4. The number of esters is 1. The van der Waals surface area contributed by atoms with Crippen LogP contribution in [0.25, 0.3) is 11.4 Å². The van der Waals surface area contributed by atoms with Crippen LogP contribution in [0, 0.1) is 0 Å². The maximum atomic E-state index is 11.9. The lowest BCUT2D eigenvalue weighted by atomic mass is 10.2. The monoisotopic (exact) mass is 319 g/mol. The Morgan fingerprint density at radius 3 is 2.61 bits per heavy atom. The van der Waals surface area contributed by atoms with Crippen molar-refractivity contribution in [2.75, 3.05) is 26.8 Å². The minimum atomic E-state index is -0.451. The number of tetrazole rings is 1. The van der Waals surface area contributed by atoms with E-state index in [1.807, 2.05) is 0 Å². The molecule has 0 fully saturated rings. The first kappa shape index (κ1) is 16.4. The third kappa shape index (κ3) is 4.77. The summed E-state index contributed by atoms with van der Waals surface area (Å²) in [4.78, 5) is 24.4. The molecule has 0 atom stereocenters. The predicted molar refractivity (Wildman–Crippen MR) is 79.4 cm³/mol. The first-order valence-electron chi connectivity index (χ1n) is 6.96. The van der Waals surface area contributed by atoms with Crippen LogP contribution in [0.5, 0.6) is 5.75 Å². The van der Waals surface area contributed by atoms with Gasteiger partial charge in [0.05, 0.1) is 6.61 Å². The first-order valence-corrected chi connectivity index (χ1v) is 6.96. The van der Waals surface area contributed by atoms with Gasteiger partial charge in [0.15, 0.2) is 6.61 Å². The van der Waals surface area contributed by atoms with E-state index in [2.05, 4.69) is 20.6 Å². The predicted octanol–water partition coefficient (Wildman–Crippen LogP) is 0.267. The number of nitrogens with zero attached hydrogens (tertiary/aromatic N) is 4. The summed E-state index contributed by atoms with van der Waals surface area (Å²) in [6, 6.07) is 6.91. The Kier molecular flexibility index (Phi) is 5.61. The summed E-state index contributed by atoms with van der Waals surface area (Å²) >= 11 is 0. The van der Waals surface area contributed by atoms with E-state index in [-0.39, 0.29) is 25.7 Å². The van der Waals surface area contributed by atoms with Gasteiger partial charge in [-0.05, 0) is 36.4 Å². The zero-order valence-electron chi connectivity index (χ0n) is 12.9. The lowest BCUT2D eigenvalue weighted by molar-refractivity contribution is -0.148. The summed E-state index contributed by atoms with van der Waals surface area (Å²) in [6.07, 6.45) is 0. The third-order valence-corrected chi connectivity index (χ3v) is 2.92. The van der Waals surface area contributed by atoms with Gasteiger partial charge in [-0.25, -0.2) is 0 Å². The molecule has 0 unspecified atom stereocenters. The molecular formula is C14H17N5O4. The zero-order valence-corrected chi connectivity index (χ0v) is 12.9. The van der Waals surface area contributed by atoms with Crippen molar-refractivity contribution in [1.82, 2.24) is 25.5 Å². The maximum Gasteiger partial charge on any atom is 0.325 e. The number of carbonyl (C=O) groups is 2. The molecule has 0 bridgehead atoms. The minimum absolute atomic E-state index is 0.104. The molecule has 1 N–H and O–H groups in total. The van der Waals surface area contributed by atoms with Crippen LogP contribution in [-0.2, 0) is 14.3 Å². The van der Waals surface area contributed by atoms with Crippen molar-refractivity contribution in [3.8, 4) is 17.1 Å². The molecule has 0 aliphatic rings. The zero-order chi connectivity index (χ0) is 16.7. The number of hydrogen-bond acceptors (Lipinski definition) is 7. The molecule has 122 valence electrons. The van der Waals surface area contributed by atoms with Crippen molar-refractivity contribution in [2.45, 2.75) is 6.92 Å². The number of likely N-dealkylation sites (N-methyl/N-ethyl adjacent to an activating group) is 1. The highest BCUT2D eigenvalue weighted by Gasteiger charge is 2.14. The topological polar surface area (TPSA) is 110 Å². The second-order valence-corrected chi connectivity index (χ2v) is 4.60. The van der Waals surface area contributed by atoms with Crippen molar-refractivity contribution in [2.24, 2.45) is 0 Å². The summed E-state index contributed by atoms with van der Waals surface area (Å²) in [6.45, 7) is 1.72. The standard InChI is InChI=1S/C14H17N5O4/c1-3-22-13(21)8-19(2)12(20)9-23-11-6-4-10(5-7-11)14-15-17-18-16-14/h4-7H,3,8-9H2,1-2H3,(H,15,16,17,18). The Labute approximate surface area is 132 Å². The summed E-state index contributed by atoms with van der Waals surface area (Å²) in [5.41, 5.74) is 0.775. The SMILES string of the molecule is CCOC(=O)CN(C)C(=O)COc1ccc(-c2nn[nH]n2)cc1. The largest absolute Gasteiger partial charge is 0.484 e. The molecule has 1 heterocycles. The number of amides is 1. The summed E-state index contributed by atoms with van der Waals surface area (Å²) in [5.74, 6) is 0.227. The van der Waals surface area contributed by atoms with E-state index < -0.39 is 5.97 Å². The van der Waals surface area contributed by atoms with Crippen molar-refractivity contribution < 1.29 is 19.1 Å². The Bertz CT molecular complexity index is 642. The Balaban J connectivity index is 1.83. The highest BCUT2D eigenvalue weighted by atomic mass is 16.5. The Morgan fingerprint density at radius 2 is 2.00 bits per heavy atom. The number of hydrogen-bond donors (Lipinski definition) is 1. The molecule has 2 rings (SSSR count). The van der Waals surface area contributed by atoms with Crippen molar-refractivity contribution >= 4 is 11.9 Å². The molecule has 0 saturated carbocycles. The van der Waals surface area contributed by atoms with Gasteiger partial charge in [-0.15, -0.1) is 10.2 Å². The van der Waals surface area contributed by atoms with E-state index in [4.69, 9.17) is 9.47 Å². The number of rotatable bonds is 7. The maximum absolute atomic E-state index is 11.9. The fraction of sp³-hybridized carbons (Fsp3) is 0.357. The fourth-order valence-electron chi connectivity index (χ4n) is 1.73. The van der Waals surface area contributed by atoms with E-state index in [1.54, 1.807) is 31.2 Å². The number of benzene rings is 1. The van der Waals surface area contributed by atoms with Crippen LogP contribution in [0.4, 0.5) is 0 Å². The van der Waals surface area contributed by atoms with Gasteiger partial charge in [-0.2, -0.15) is 5.21 Å². The van der Waals surface area contributed by atoms with Crippen molar-refractivity contribution in [1.29, 1.82) is 0 Å². The average Bonchev–Trinajstić information content (AvgIpc) is 3.07. The van der Waals surface area contributed by atoms with Crippen LogP contribution in [0.2, 0.25) is 0 Å². The molecule has 2 aromatic rings. The molecular weight excluding hydrogens is 302 g/mol. The smallest absolute Gasteiger partial charge is 0.325 e. The Hall–Kier alpha value is -2.97. The second-order valence-electron chi connectivity index (χ2n) is 4.60. The molecule has 0 saturated heterocycles. The molecule has 1 aromatic heterocycles. The summed E-state index contributed by atoms with van der Waals surface area (Å²) in [5, 5.41) is 13.6. The number of nitrogens with one attached hydrogen (secondary N) is 1. The van der Waals surface area contributed by atoms with E-state index in [9.17, 15) is 9.59 Å². The van der Waals surface area contributed by atoms with Crippen molar-refractivity contribution in [3.63, 3.8) is 0 Å². The van der Waals surface area contributed by atoms with E-state index in [0.717, 1.165) is 5.56 Å². The van der Waals surface area contributed by atoms with Gasteiger partial charge < -0.3 is 14.4 Å². The van der Waals surface area contributed by atoms with Crippen LogP contribution in [-0.4, -0.2) is 64.2 Å². The van der Waals surface area contributed by atoms with Crippen LogP contribution in [0.15, 0.2) is 24.3 Å². The Morgan fingerprint density at radius 1 is 1.26 bits per heavy atom. The van der Waals surface area contributed by atoms with Crippen LogP contribution < -0.4 is 4.74 Å². The molecule has 23 heavy (non-hydrogen) atoms.